The van der Waals surface area contributed by atoms with Crippen molar-refractivity contribution in [2.75, 3.05) is 5.43 Å². The van der Waals surface area contributed by atoms with Crippen molar-refractivity contribution in [2.45, 2.75) is 6.92 Å². The Morgan fingerprint density at radius 3 is 2.66 bits per heavy atom. The number of hydrogen-bond acceptors (Lipinski definition) is 4. The minimum absolute atomic E-state index is 0.584. The summed E-state index contributed by atoms with van der Waals surface area (Å²) in [7, 11) is 0. The molecule has 2 heterocycles. The molecule has 0 spiro atoms. The Balaban J connectivity index is 1.64. The van der Waals surface area contributed by atoms with Gasteiger partial charge in [-0.3, -0.25) is 0 Å². The fourth-order valence-electron chi connectivity index (χ4n) is 3.24. The fraction of sp³-hybridized carbons (Fsp3) is 0.0435. The molecule has 0 atom stereocenters. The normalized spacial score (nSPS) is 12.0. The fourth-order valence-corrected chi connectivity index (χ4v) is 3.37. The summed E-state index contributed by atoms with van der Waals surface area (Å²) < 4.78 is 6.15. The molecule has 0 aliphatic carbocycles. The quantitative estimate of drug-likeness (QED) is 0.372. The highest BCUT2D eigenvalue weighted by Gasteiger charge is 2.07. The van der Waals surface area contributed by atoms with E-state index in [-0.39, 0.29) is 0 Å². The number of imidazole rings is 1. The summed E-state index contributed by atoms with van der Waals surface area (Å²) in [5.74, 6) is 1.30. The van der Waals surface area contributed by atoms with Crippen LogP contribution in [0.2, 0.25) is 5.02 Å². The predicted molar refractivity (Wildman–Crippen MR) is 117 cm³/mol. The first kappa shape index (κ1) is 17.5. The molecule has 0 aliphatic rings. The Morgan fingerprint density at radius 2 is 1.83 bits per heavy atom. The summed E-state index contributed by atoms with van der Waals surface area (Å²) in [6, 6.07) is 23.4. The van der Waals surface area contributed by atoms with Crippen LogP contribution >= 0.6 is 11.6 Å². The van der Waals surface area contributed by atoms with Gasteiger partial charge in [-0.1, -0.05) is 29.8 Å². The summed E-state index contributed by atoms with van der Waals surface area (Å²) >= 11 is 6.03. The van der Waals surface area contributed by atoms with Crippen LogP contribution in [0.4, 0.5) is 5.95 Å². The second-order valence-corrected chi connectivity index (χ2v) is 7.26. The maximum atomic E-state index is 6.15. The van der Waals surface area contributed by atoms with E-state index in [1.165, 1.54) is 0 Å². The average molecular weight is 401 g/mol. The number of anilines is 1. The number of H-pyrrole nitrogens is 1. The van der Waals surface area contributed by atoms with Gasteiger partial charge in [-0.2, -0.15) is 5.10 Å². The van der Waals surface area contributed by atoms with E-state index in [0.29, 0.717) is 16.7 Å². The van der Waals surface area contributed by atoms with E-state index in [0.717, 1.165) is 38.5 Å². The Morgan fingerprint density at radius 1 is 1.00 bits per heavy atom. The third-order valence-electron chi connectivity index (χ3n) is 4.70. The van der Waals surface area contributed by atoms with E-state index in [4.69, 9.17) is 16.0 Å². The molecule has 5 nitrogen and oxygen atoms in total. The smallest absolute Gasteiger partial charge is 0.222 e. The van der Waals surface area contributed by atoms with Crippen LogP contribution in [0, 0.1) is 6.92 Å². The summed E-state index contributed by atoms with van der Waals surface area (Å²) in [6.45, 7) is 2.04. The lowest BCUT2D eigenvalue weighted by Gasteiger charge is -2.06. The number of hydrogen-bond donors (Lipinski definition) is 2. The van der Waals surface area contributed by atoms with Crippen molar-refractivity contribution in [2.24, 2.45) is 5.10 Å². The summed E-state index contributed by atoms with van der Waals surface area (Å²) in [5.41, 5.74) is 7.69. The van der Waals surface area contributed by atoms with Crippen LogP contribution in [0.3, 0.4) is 0 Å². The lowest BCUT2D eigenvalue weighted by molar-refractivity contribution is 0.618. The number of aromatic amines is 1. The Bertz CT molecular complexity index is 1370. The molecule has 3 aromatic carbocycles. The first-order chi connectivity index (χ1) is 14.2. The van der Waals surface area contributed by atoms with Crippen molar-refractivity contribution in [3.05, 3.63) is 88.7 Å². The molecule has 6 heteroatoms. The van der Waals surface area contributed by atoms with Gasteiger partial charge in [0.25, 0.3) is 0 Å². The van der Waals surface area contributed by atoms with Gasteiger partial charge in [0.15, 0.2) is 0 Å². The first-order valence-electron chi connectivity index (χ1n) is 9.21. The Labute approximate surface area is 171 Å². The van der Waals surface area contributed by atoms with Crippen LogP contribution in [0.15, 0.2) is 82.3 Å². The number of fused-ring (bicyclic) bond motifs is 2. The molecule has 2 aromatic heterocycles. The zero-order valence-corrected chi connectivity index (χ0v) is 16.4. The van der Waals surface area contributed by atoms with Crippen molar-refractivity contribution < 1.29 is 4.42 Å². The Kier molecular flexibility index (Phi) is 4.30. The van der Waals surface area contributed by atoms with Gasteiger partial charge in [-0.25, -0.2) is 10.4 Å². The zero-order chi connectivity index (χ0) is 19.8. The van der Waals surface area contributed by atoms with Gasteiger partial charge >= 0.3 is 0 Å². The van der Waals surface area contributed by atoms with Crippen LogP contribution in [0.1, 0.15) is 5.56 Å². The van der Waals surface area contributed by atoms with Gasteiger partial charge in [0.2, 0.25) is 5.95 Å². The second-order valence-electron chi connectivity index (χ2n) is 6.83. The number of para-hydroxylation sites is 2. The van der Waals surface area contributed by atoms with Crippen LogP contribution < -0.4 is 10.8 Å². The van der Waals surface area contributed by atoms with Gasteiger partial charge in [-0.15, -0.1) is 0 Å². The van der Waals surface area contributed by atoms with Gasteiger partial charge in [0.1, 0.15) is 11.3 Å². The molecular formula is C23H17ClN4O. The van der Waals surface area contributed by atoms with E-state index in [9.17, 15) is 0 Å². The molecule has 5 aromatic rings. The van der Waals surface area contributed by atoms with E-state index in [1.807, 2.05) is 79.7 Å². The van der Waals surface area contributed by atoms with Crippen molar-refractivity contribution in [3.63, 3.8) is 0 Å². The van der Waals surface area contributed by atoms with E-state index in [1.54, 1.807) is 0 Å². The maximum absolute atomic E-state index is 6.15. The molecule has 0 radical (unpaired) electrons. The molecule has 142 valence electrons. The second kappa shape index (κ2) is 7.11. The molecule has 0 fully saturated rings. The van der Waals surface area contributed by atoms with Crippen molar-refractivity contribution >= 4 is 39.6 Å². The van der Waals surface area contributed by atoms with Crippen molar-refractivity contribution in [1.29, 1.82) is 0 Å². The van der Waals surface area contributed by atoms with Gasteiger partial charge in [0, 0.05) is 22.0 Å². The third-order valence-corrected chi connectivity index (χ3v) is 4.95. The SMILES string of the molecule is Cc1ccc2c(=NNc3nc4ccccc4[nH]3)cc(-c3ccc(Cl)cc3)oc2c1. The largest absolute Gasteiger partial charge is 0.456 e. The molecule has 2 N–H and O–H groups in total. The van der Waals surface area contributed by atoms with Crippen LogP contribution in [0.25, 0.3) is 33.3 Å². The van der Waals surface area contributed by atoms with E-state index >= 15 is 0 Å². The molecule has 0 saturated carbocycles. The molecule has 5 rings (SSSR count). The van der Waals surface area contributed by atoms with Crippen LogP contribution in [0.5, 0.6) is 0 Å². The number of rotatable bonds is 3. The standard InChI is InChI=1S/C23H17ClN4O/c1-14-6-11-17-20(27-28-23-25-18-4-2-3-5-19(18)26-23)13-21(29-22(17)12-14)15-7-9-16(24)10-8-15/h2-13H,1H3,(H2,25,26,28). The minimum atomic E-state index is 0.584. The number of aromatic nitrogens is 2. The van der Waals surface area contributed by atoms with Gasteiger partial charge in [0.05, 0.1) is 16.4 Å². The van der Waals surface area contributed by atoms with Crippen molar-refractivity contribution in [3.8, 4) is 11.3 Å². The minimum Gasteiger partial charge on any atom is -0.456 e. The molecule has 29 heavy (non-hydrogen) atoms. The van der Waals surface area contributed by atoms with Crippen molar-refractivity contribution in [1.82, 2.24) is 9.97 Å². The summed E-state index contributed by atoms with van der Waals surface area (Å²) in [4.78, 5) is 7.74. The lowest BCUT2D eigenvalue weighted by atomic mass is 10.1. The molecular weight excluding hydrogens is 384 g/mol. The predicted octanol–water partition coefficient (Wildman–Crippen LogP) is 5.87. The molecule has 0 aliphatic heterocycles. The van der Waals surface area contributed by atoms with Crippen LogP contribution in [-0.4, -0.2) is 9.97 Å². The monoisotopic (exact) mass is 400 g/mol. The Hall–Kier alpha value is -3.57. The number of benzene rings is 3. The number of nitrogens with zero attached hydrogens (tertiary/aromatic N) is 2. The molecule has 0 unspecified atom stereocenters. The highest BCUT2D eigenvalue weighted by molar-refractivity contribution is 6.30. The number of aryl methyl sites for hydroxylation is 1. The molecule has 0 saturated heterocycles. The summed E-state index contributed by atoms with van der Waals surface area (Å²) in [6.07, 6.45) is 0. The number of halogens is 1. The highest BCUT2D eigenvalue weighted by atomic mass is 35.5. The first-order valence-corrected chi connectivity index (χ1v) is 9.58. The van der Waals surface area contributed by atoms with Crippen LogP contribution in [-0.2, 0) is 0 Å². The average Bonchev–Trinajstić information content (AvgIpc) is 3.15. The highest BCUT2D eigenvalue weighted by Crippen LogP contribution is 2.24. The van der Waals surface area contributed by atoms with E-state index in [2.05, 4.69) is 20.5 Å². The topological polar surface area (TPSA) is 66.2 Å². The third kappa shape index (κ3) is 3.48. The zero-order valence-electron chi connectivity index (χ0n) is 15.6. The molecule has 0 amide bonds. The van der Waals surface area contributed by atoms with E-state index < -0.39 is 0 Å². The molecule has 0 bridgehead atoms. The van der Waals surface area contributed by atoms with Gasteiger partial charge < -0.3 is 9.40 Å². The summed E-state index contributed by atoms with van der Waals surface area (Å²) in [5, 5.41) is 6.96. The number of nitrogens with one attached hydrogen (secondary N) is 2. The maximum Gasteiger partial charge on any atom is 0.222 e. The van der Waals surface area contributed by atoms with Gasteiger partial charge in [-0.05, 0) is 61.0 Å². The lowest BCUT2D eigenvalue weighted by Crippen LogP contribution is -2.08.